The van der Waals surface area contributed by atoms with Crippen LogP contribution in [0.2, 0.25) is 0 Å². The van der Waals surface area contributed by atoms with Crippen molar-refractivity contribution in [1.29, 1.82) is 0 Å². The Bertz CT molecular complexity index is 316. The summed E-state index contributed by atoms with van der Waals surface area (Å²) < 4.78 is 12.4. The zero-order chi connectivity index (χ0) is 9.14. The average Bonchev–Trinajstić information content (AvgIpc) is 2.03. The topological polar surface area (TPSA) is 75.4 Å². The van der Waals surface area contributed by atoms with Crippen LogP contribution in [0.25, 0.3) is 0 Å². The van der Waals surface area contributed by atoms with E-state index in [9.17, 15) is 14.5 Å². The normalized spacial score (nSPS) is 9.50. The van der Waals surface area contributed by atoms with Crippen LogP contribution in [0.5, 0.6) is 0 Å². The molecule has 0 atom stereocenters. The lowest BCUT2D eigenvalue weighted by molar-refractivity contribution is -0.384. The molecule has 5 nitrogen and oxygen atoms in total. The van der Waals surface area contributed by atoms with E-state index in [-0.39, 0.29) is 11.4 Å². The Morgan fingerprint density at radius 2 is 2.25 bits per heavy atom. The third-order valence-corrected chi connectivity index (χ3v) is 1.28. The first-order valence-electron chi connectivity index (χ1n) is 2.99. The molecule has 2 N–H and O–H groups in total. The lowest BCUT2D eigenvalue weighted by atomic mass is 10.3. The third-order valence-electron chi connectivity index (χ3n) is 1.28. The van der Waals surface area contributed by atoms with E-state index < -0.39 is 10.7 Å². The number of anilines is 1. The molecule has 0 spiro atoms. The van der Waals surface area contributed by atoms with Gasteiger partial charge in [-0.2, -0.15) is 0 Å². The Labute approximate surface area is 66.5 Å². The van der Waals surface area contributed by atoms with Gasteiger partial charge in [0.1, 0.15) is 11.5 Å². The standard InChI is InChI=1S/C6H5FN2O3/c7-4-1-2-6(9(11)12)5(3-4)8-10/h1-3,8,10H. The molecule has 1 aromatic rings. The Balaban J connectivity index is 3.20. The summed E-state index contributed by atoms with van der Waals surface area (Å²) in [4.78, 5) is 9.50. The zero-order valence-corrected chi connectivity index (χ0v) is 5.82. The smallest absolute Gasteiger partial charge is 0.291 e. The summed E-state index contributed by atoms with van der Waals surface area (Å²) in [6.45, 7) is 0. The number of halogens is 1. The highest BCUT2D eigenvalue weighted by atomic mass is 19.1. The maximum Gasteiger partial charge on any atom is 0.294 e. The molecule has 6 heteroatoms. The minimum absolute atomic E-state index is 0.264. The first-order chi connectivity index (χ1) is 5.65. The summed E-state index contributed by atoms with van der Waals surface area (Å²) in [5.41, 5.74) is 0.896. The van der Waals surface area contributed by atoms with Gasteiger partial charge < -0.3 is 0 Å². The van der Waals surface area contributed by atoms with Gasteiger partial charge in [-0.3, -0.25) is 20.8 Å². The van der Waals surface area contributed by atoms with Gasteiger partial charge in [0.2, 0.25) is 0 Å². The fourth-order valence-electron chi connectivity index (χ4n) is 0.757. The Kier molecular flexibility index (Phi) is 2.20. The van der Waals surface area contributed by atoms with Gasteiger partial charge in [0.25, 0.3) is 5.69 Å². The number of nitro groups is 1. The van der Waals surface area contributed by atoms with Crippen LogP contribution in [-0.4, -0.2) is 10.1 Å². The second-order valence-electron chi connectivity index (χ2n) is 2.03. The lowest BCUT2D eigenvalue weighted by Crippen LogP contribution is -1.97. The van der Waals surface area contributed by atoms with Crippen molar-refractivity contribution in [2.24, 2.45) is 0 Å². The van der Waals surface area contributed by atoms with Crippen LogP contribution in [0.15, 0.2) is 18.2 Å². The highest BCUT2D eigenvalue weighted by Gasteiger charge is 2.12. The van der Waals surface area contributed by atoms with Gasteiger partial charge in [-0.05, 0) is 6.07 Å². The van der Waals surface area contributed by atoms with Crippen LogP contribution in [0.4, 0.5) is 15.8 Å². The summed E-state index contributed by atoms with van der Waals surface area (Å²) in [5, 5.41) is 18.6. The van der Waals surface area contributed by atoms with Crippen LogP contribution >= 0.6 is 0 Å². The minimum atomic E-state index is -0.724. The maximum atomic E-state index is 12.4. The van der Waals surface area contributed by atoms with Gasteiger partial charge in [-0.25, -0.2) is 4.39 Å². The Hall–Kier alpha value is -1.69. The predicted molar refractivity (Wildman–Crippen MR) is 38.5 cm³/mol. The van der Waals surface area contributed by atoms with Crippen molar-refractivity contribution in [3.63, 3.8) is 0 Å². The molecule has 0 aromatic heterocycles. The highest BCUT2D eigenvalue weighted by molar-refractivity contribution is 5.59. The Morgan fingerprint density at radius 1 is 1.58 bits per heavy atom. The predicted octanol–water partition coefficient (Wildman–Crippen LogP) is 1.53. The molecule has 0 aliphatic carbocycles. The molecule has 0 bridgehead atoms. The number of nitrogens with zero attached hydrogens (tertiary/aromatic N) is 1. The van der Waals surface area contributed by atoms with Crippen LogP contribution in [0, 0.1) is 15.9 Å². The molecule has 1 aromatic carbocycles. The molecule has 0 radical (unpaired) electrons. The van der Waals surface area contributed by atoms with Crippen LogP contribution in [-0.2, 0) is 0 Å². The van der Waals surface area contributed by atoms with E-state index in [1.807, 2.05) is 0 Å². The molecular formula is C6H5FN2O3. The average molecular weight is 172 g/mol. The second kappa shape index (κ2) is 3.14. The molecule has 64 valence electrons. The van der Waals surface area contributed by atoms with Crippen molar-refractivity contribution in [1.82, 2.24) is 0 Å². The van der Waals surface area contributed by atoms with Gasteiger partial charge in [-0.15, -0.1) is 0 Å². The first-order valence-corrected chi connectivity index (χ1v) is 2.99. The van der Waals surface area contributed by atoms with Crippen molar-refractivity contribution in [2.75, 3.05) is 5.48 Å². The maximum absolute atomic E-state index is 12.4. The van der Waals surface area contributed by atoms with E-state index in [0.29, 0.717) is 0 Å². The van der Waals surface area contributed by atoms with Crippen molar-refractivity contribution >= 4 is 11.4 Å². The number of benzene rings is 1. The van der Waals surface area contributed by atoms with Crippen molar-refractivity contribution < 1.29 is 14.5 Å². The molecule has 0 amide bonds. The van der Waals surface area contributed by atoms with Gasteiger partial charge in [-0.1, -0.05) is 0 Å². The zero-order valence-electron chi connectivity index (χ0n) is 5.82. The summed E-state index contributed by atoms with van der Waals surface area (Å²) >= 11 is 0. The molecule has 12 heavy (non-hydrogen) atoms. The fraction of sp³-hybridized carbons (Fsp3) is 0. The Morgan fingerprint density at radius 3 is 2.75 bits per heavy atom. The van der Waals surface area contributed by atoms with E-state index in [0.717, 1.165) is 18.2 Å². The molecule has 0 saturated heterocycles. The molecule has 0 heterocycles. The molecule has 0 aliphatic rings. The number of hydrogen-bond acceptors (Lipinski definition) is 4. The minimum Gasteiger partial charge on any atom is -0.291 e. The number of hydrogen-bond donors (Lipinski definition) is 2. The van der Waals surface area contributed by atoms with Crippen LogP contribution < -0.4 is 5.48 Å². The van der Waals surface area contributed by atoms with Crippen molar-refractivity contribution in [2.45, 2.75) is 0 Å². The van der Waals surface area contributed by atoms with Crippen LogP contribution in [0.1, 0.15) is 0 Å². The molecule has 0 saturated carbocycles. The third kappa shape index (κ3) is 1.48. The molecule has 0 aliphatic heterocycles. The number of nitrogens with one attached hydrogen (secondary N) is 1. The van der Waals surface area contributed by atoms with Crippen molar-refractivity contribution in [3.8, 4) is 0 Å². The largest absolute Gasteiger partial charge is 0.294 e. The highest BCUT2D eigenvalue weighted by Crippen LogP contribution is 2.23. The van der Waals surface area contributed by atoms with E-state index in [2.05, 4.69) is 0 Å². The quantitative estimate of drug-likeness (QED) is 0.524. The van der Waals surface area contributed by atoms with Gasteiger partial charge >= 0.3 is 0 Å². The monoisotopic (exact) mass is 172 g/mol. The van der Waals surface area contributed by atoms with E-state index >= 15 is 0 Å². The van der Waals surface area contributed by atoms with Gasteiger partial charge in [0.05, 0.1) is 4.92 Å². The van der Waals surface area contributed by atoms with Gasteiger partial charge in [0, 0.05) is 12.1 Å². The summed E-state index contributed by atoms with van der Waals surface area (Å²) in [6, 6.07) is 2.74. The molecule has 0 fully saturated rings. The molecule has 1 rings (SSSR count). The summed E-state index contributed by atoms with van der Waals surface area (Å²) in [6.07, 6.45) is 0. The van der Waals surface area contributed by atoms with Crippen LogP contribution in [0.3, 0.4) is 0 Å². The fourth-order valence-corrected chi connectivity index (χ4v) is 0.757. The van der Waals surface area contributed by atoms with E-state index in [4.69, 9.17) is 5.21 Å². The van der Waals surface area contributed by atoms with Gasteiger partial charge in [0.15, 0.2) is 0 Å². The summed E-state index contributed by atoms with van der Waals surface area (Å²) in [5.74, 6) is -0.655. The molecular weight excluding hydrogens is 167 g/mol. The SMILES string of the molecule is O=[N+]([O-])c1ccc(F)cc1NO. The first kappa shape index (κ1) is 8.41. The number of nitro benzene ring substituents is 1. The second-order valence-corrected chi connectivity index (χ2v) is 2.03. The van der Waals surface area contributed by atoms with Crippen molar-refractivity contribution in [3.05, 3.63) is 34.1 Å². The van der Waals surface area contributed by atoms with E-state index in [1.165, 1.54) is 5.48 Å². The number of rotatable bonds is 2. The lowest BCUT2D eigenvalue weighted by Gasteiger charge is -1.99. The molecule has 0 unspecified atom stereocenters. The summed E-state index contributed by atoms with van der Waals surface area (Å²) in [7, 11) is 0. The van der Waals surface area contributed by atoms with E-state index in [1.54, 1.807) is 0 Å².